The number of ketones is 1. The van der Waals surface area contributed by atoms with Crippen LogP contribution in [0, 0.1) is 0 Å². The van der Waals surface area contributed by atoms with Crippen LogP contribution in [0.4, 0.5) is 0 Å². The fourth-order valence-corrected chi connectivity index (χ4v) is 1.19. The van der Waals surface area contributed by atoms with Gasteiger partial charge in [-0.25, -0.2) is 0 Å². The third kappa shape index (κ3) is 3.55. The lowest BCUT2D eigenvalue weighted by molar-refractivity contribution is -0.115. The Bertz CT molecular complexity index is 393. The van der Waals surface area contributed by atoms with Gasteiger partial charge >= 0.3 is 0 Å². The number of hydrogen-bond donors (Lipinski definition) is 1. The Morgan fingerprint density at radius 1 is 1.44 bits per heavy atom. The van der Waals surface area contributed by atoms with Crippen LogP contribution in [-0.4, -0.2) is 31.2 Å². The van der Waals surface area contributed by atoms with Gasteiger partial charge in [-0.15, -0.1) is 11.6 Å². The Labute approximate surface area is 98.5 Å². The van der Waals surface area contributed by atoms with Crippen LogP contribution in [0.15, 0.2) is 24.3 Å². The minimum absolute atomic E-state index is 0.0560. The van der Waals surface area contributed by atoms with Crippen molar-refractivity contribution < 1.29 is 14.3 Å². The van der Waals surface area contributed by atoms with E-state index in [1.165, 1.54) is 7.11 Å². The van der Waals surface area contributed by atoms with Crippen molar-refractivity contribution in [3.8, 4) is 5.75 Å². The normalized spacial score (nSPS) is 9.62. The van der Waals surface area contributed by atoms with E-state index in [9.17, 15) is 9.59 Å². The van der Waals surface area contributed by atoms with Gasteiger partial charge in [-0.1, -0.05) is 6.07 Å². The molecule has 0 bridgehead atoms. The molecule has 1 N–H and O–H groups in total. The maximum atomic E-state index is 11.6. The van der Waals surface area contributed by atoms with Crippen LogP contribution in [0.5, 0.6) is 5.75 Å². The lowest BCUT2D eigenvalue weighted by Crippen LogP contribution is -2.30. The van der Waals surface area contributed by atoms with E-state index in [4.69, 9.17) is 16.3 Å². The van der Waals surface area contributed by atoms with Crippen LogP contribution in [-0.2, 0) is 4.79 Å². The summed E-state index contributed by atoms with van der Waals surface area (Å²) in [5.41, 5.74) is 0.446. The van der Waals surface area contributed by atoms with Crippen molar-refractivity contribution in [3.63, 3.8) is 0 Å². The number of hydrogen-bond acceptors (Lipinski definition) is 3. The molecule has 0 unspecified atom stereocenters. The highest BCUT2D eigenvalue weighted by molar-refractivity contribution is 6.28. The molecule has 4 nitrogen and oxygen atoms in total. The van der Waals surface area contributed by atoms with E-state index in [-0.39, 0.29) is 24.1 Å². The minimum atomic E-state index is -0.322. The largest absolute Gasteiger partial charge is 0.497 e. The van der Waals surface area contributed by atoms with Crippen LogP contribution in [0.25, 0.3) is 0 Å². The zero-order valence-electron chi connectivity index (χ0n) is 8.83. The number of carbonyl (C=O) groups is 2. The van der Waals surface area contributed by atoms with Crippen molar-refractivity contribution in [1.29, 1.82) is 0 Å². The maximum absolute atomic E-state index is 11.6. The first-order chi connectivity index (χ1) is 7.67. The van der Waals surface area contributed by atoms with E-state index in [1.54, 1.807) is 24.3 Å². The molecular formula is C11H12ClNO3. The number of ether oxygens (including phenoxy) is 1. The second-order valence-corrected chi connectivity index (χ2v) is 3.35. The first-order valence-corrected chi connectivity index (χ1v) is 5.20. The first-order valence-electron chi connectivity index (χ1n) is 4.67. The molecule has 0 radical (unpaired) electrons. The number of amides is 1. The fourth-order valence-electron chi connectivity index (χ4n) is 1.09. The molecule has 0 aliphatic rings. The van der Waals surface area contributed by atoms with Gasteiger partial charge < -0.3 is 10.1 Å². The number of methoxy groups -OCH3 is 1. The Kier molecular flexibility index (Phi) is 4.79. The molecule has 1 aromatic carbocycles. The molecular weight excluding hydrogens is 230 g/mol. The van der Waals surface area contributed by atoms with Crippen molar-refractivity contribution >= 4 is 23.3 Å². The van der Waals surface area contributed by atoms with Gasteiger partial charge in [-0.2, -0.15) is 0 Å². The van der Waals surface area contributed by atoms with Gasteiger partial charge in [0.15, 0.2) is 5.78 Å². The summed E-state index contributed by atoms with van der Waals surface area (Å²) < 4.78 is 4.98. The van der Waals surface area contributed by atoms with E-state index in [1.807, 2.05) is 0 Å². The highest BCUT2D eigenvalue weighted by atomic mass is 35.5. The number of alkyl halides is 1. The summed E-state index contributed by atoms with van der Waals surface area (Å²) in [6.07, 6.45) is 0. The van der Waals surface area contributed by atoms with Gasteiger partial charge in [-0.05, 0) is 18.2 Å². The summed E-state index contributed by atoms with van der Waals surface area (Å²) in [6, 6.07) is 6.68. The third-order valence-corrected chi connectivity index (χ3v) is 2.23. The van der Waals surface area contributed by atoms with Crippen LogP contribution in [0.2, 0.25) is 0 Å². The lowest BCUT2D eigenvalue weighted by atomic mass is 10.2. The van der Waals surface area contributed by atoms with E-state index < -0.39 is 0 Å². The Morgan fingerprint density at radius 2 is 2.19 bits per heavy atom. The quantitative estimate of drug-likeness (QED) is 0.789. The van der Waals surface area contributed by atoms with Gasteiger partial charge in [0, 0.05) is 5.56 Å². The van der Waals surface area contributed by atoms with E-state index in [2.05, 4.69) is 5.32 Å². The molecule has 5 heteroatoms. The highest BCUT2D eigenvalue weighted by Crippen LogP contribution is 2.12. The van der Waals surface area contributed by atoms with E-state index >= 15 is 0 Å². The summed E-state index contributed by atoms with van der Waals surface area (Å²) in [7, 11) is 1.52. The molecule has 0 aliphatic carbocycles. The van der Waals surface area contributed by atoms with E-state index in [0.29, 0.717) is 11.3 Å². The molecule has 0 aliphatic heterocycles. The molecule has 0 aromatic heterocycles. The Balaban J connectivity index is 2.62. The van der Waals surface area contributed by atoms with Crippen molar-refractivity contribution in [3.05, 3.63) is 29.8 Å². The molecule has 0 spiro atoms. The summed E-state index contributed by atoms with van der Waals surface area (Å²) in [5, 5.41) is 2.47. The standard InChI is InChI=1S/C11H12ClNO3/c1-16-10-4-2-3-8(5-10)11(15)13-7-9(14)6-12/h2-5H,6-7H2,1H3,(H,13,15). The zero-order chi connectivity index (χ0) is 12.0. The van der Waals surface area contributed by atoms with Gasteiger partial charge in [0.05, 0.1) is 19.5 Å². The van der Waals surface area contributed by atoms with Crippen molar-refractivity contribution in [2.24, 2.45) is 0 Å². The van der Waals surface area contributed by atoms with Crippen molar-refractivity contribution in [2.75, 3.05) is 19.5 Å². The fraction of sp³-hybridized carbons (Fsp3) is 0.273. The topological polar surface area (TPSA) is 55.4 Å². The minimum Gasteiger partial charge on any atom is -0.497 e. The maximum Gasteiger partial charge on any atom is 0.251 e. The molecule has 0 saturated heterocycles. The number of halogens is 1. The average molecular weight is 242 g/mol. The number of nitrogens with one attached hydrogen (secondary N) is 1. The van der Waals surface area contributed by atoms with Crippen LogP contribution in [0.3, 0.4) is 0 Å². The molecule has 0 saturated carbocycles. The molecule has 1 amide bonds. The highest BCUT2D eigenvalue weighted by Gasteiger charge is 2.07. The van der Waals surface area contributed by atoms with Gasteiger partial charge in [0.25, 0.3) is 5.91 Å². The average Bonchev–Trinajstić information content (AvgIpc) is 2.35. The summed E-state index contributed by atoms with van der Waals surface area (Å²) in [5.74, 6) is -0.0510. The van der Waals surface area contributed by atoms with E-state index in [0.717, 1.165) is 0 Å². The van der Waals surface area contributed by atoms with Gasteiger partial charge in [0.2, 0.25) is 0 Å². The molecule has 1 rings (SSSR count). The Hall–Kier alpha value is -1.55. The monoisotopic (exact) mass is 241 g/mol. The molecule has 0 fully saturated rings. The Morgan fingerprint density at radius 3 is 2.81 bits per heavy atom. The van der Waals surface area contributed by atoms with Crippen LogP contribution < -0.4 is 10.1 Å². The predicted molar refractivity (Wildman–Crippen MR) is 61.1 cm³/mol. The molecule has 0 heterocycles. The smallest absolute Gasteiger partial charge is 0.251 e. The second-order valence-electron chi connectivity index (χ2n) is 3.09. The van der Waals surface area contributed by atoms with Crippen molar-refractivity contribution in [2.45, 2.75) is 0 Å². The summed E-state index contributed by atoms with van der Waals surface area (Å²) >= 11 is 5.31. The number of benzene rings is 1. The summed E-state index contributed by atoms with van der Waals surface area (Å²) in [6.45, 7) is -0.0560. The lowest BCUT2D eigenvalue weighted by Gasteiger charge is -2.05. The van der Waals surface area contributed by atoms with Crippen LogP contribution >= 0.6 is 11.6 Å². The molecule has 0 atom stereocenters. The van der Waals surface area contributed by atoms with Gasteiger partial charge in [-0.3, -0.25) is 9.59 Å². The molecule has 1 aromatic rings. The summed E-state index contributed by atoms with van der Waals surface area (Å²) in [4.78, 5) is 22.5. The number of carbonyl (C=O) groups excluding carboxylic acids is 2. The third-order valence-electron chi connectivity index (χ3n) is 1.93. The SMILES string of the molecule is COc1cccc(C(=O)NCC(=O)CCl)c1. The molecule has 86 valence electrons. The van der Waals surface area contributed by atoms with Gasteiger partial charge in [0.1, 0.15) is 5.75 Å². The number of Topliss-reactive ketones (excluding diaryl/α,β-unsaturated/α-hetero) is 1. The zero-order valence-corrected chi connectivity index (χ0v) is 9.58. The van der Waals surface area contributed by atoms with Crippen LogP contribution in [0.1, 0.15) is 10.4 Å². The number of rotatable bonds is 5. The first kappa shape index (κ1) is 12.5. The molecule has 16 heavy (non-hydrogen) atoms. The predicted octanol–water partition coefficient (Wildman–Crippen LogP) is 1.23. The second kappa shape index (κ2) is 6.12. The van der Waals surface area contributed by atoms with Crippen molar-refractivity contribution in [1.82, 2.24) is 5.32 Å².